The third kappa shape index (κ3) is 2.70. The van der Waals surface area contributed by atoms with Crippen molar-refractivity contribution < 1.29 is 4.42 Å². The zero-order valence-corrected chi connectivity index (χ0v) is 19.0. The van der Waals surface area contributed by atoms with Crippen LogP contribution in [-0.2, 0) is 0 Å². The molecule has 0 saturated carbocycles. The van der Waals surface area contributed by atoms with Crippen LogP contribution in [0.1, 0.15) is 0 Å². The first kappa shape index (κ1) is 18.8. The van der Waals surface area contributed by atoms with Gasteiger partial charge >= 0.3 is 0 Å². The second-order valence-corrected chi connectivity index (χ2v) is 9.36. The SMILES string of the molecule is c1cc(-c2ccc3oc4ccccc4c3c2)cc(-c2ccc3ccc4cccc5ccc2c3c45)c1. The average molecular weight is 445 g/mol. The second-order valence-electron chi connectivity index (χ2n) is 9.36. The molecule has 0 bridgehead atoms. The molecule has 8 rings (SSSR count). The van der Waals surface area contributed by atoms with E-state index in [0.29, 0.717) is 0 Å². The summed E-state index contributed by atoms with van der Waals surface area (Å²) in [7, 11) is 0. The van der Waals surface area contributed by atoms with Crippen LogP contribution in [0, 0.1) is 0 Å². The van der Waals surface area contributed by atoms with Gasteiger partial charge in [-0.3, -0.25) is 0 Å². The normalized spacial score (nSPS) is 12.0. The molecule has 7 aromatic carbocycles. The van der Waals surface area contributed by atoms with Crippen LogP contribution >= 0.6 is 0 Å². The molecule has 0 atom stereocenters. The van der Waals surface area contributed by atoms with Crippen LogP contribution in [0.5, 0.6) is 0 Å². The van der Waals surface area contributed by atoms with Crippen molar-refractivity contribution in [1.29, 1.82) is 0 Å². The summed E-state index contributed by atoms with van der Waals surface area (Å²) >= 11 is 0. The maximum Gasteiger partial charge on any atom is 0.135 e. The van der Waals surface area contributed by atoms with Gasteiger partial charge in [0, 0.05) is 10.8 Å². The predicted octanol–water partition coefficient (Wildman–Crippen LogP) is 9.82. The first-order chi connectivity index (χ1) is 17.3. The highest BCUT2D eigenvalue weighted by atomic mass is 16.3. The summed E-state index contributed by atoms with van der Waals surface area (Å²) in [5.41, 5.74) is 6.77. The average Bonchev–Trinajstić information content (AvgIpc) is 3.30. The topological polar surface area (TPSA) is 13.1 Å². The molecule has 1 nitrogen and oxygen atoms in total. The van der Waals surface area contributed by atoms with Gasteiger partial charge in [0.25, 0.3) is 0 Å². The van der Waals surface area contributed by atoms with Crippen LogP contribution in [0.4, 0.5) is 0 Å². The molecule has 8 aromatic rings. The summed E-state index contributed by atoms with van der Waals surface area (Å²) < 4.78 is 6.04. The Bertz CT molecular complexity index is 2040. The zero-order valence-electron chi connectivity index (χ0n) is 19.0. The molecule has 0 fully saturated rings. The fourth-order valence-corrected chi connectivity index (χ4v) is 5.76. The molecule has 1 heterocycles. The van der Waals surface area contributed by atoms with Gasteiger partial charge in [-0.1, -0.05) is 97.1 Å². The van der Waals surface area contributed by atoms with Crippen molar-refractivity contribution in [3.8, 4) is 22.3 Å². The van der Waals surface area contributed by atoms with Gasteiger partial charge in [0.05, 0.1) is 0 Å². The molecular formula is C34H20O. The summed E-state index contributed by atoms with van der Waals surface area (Å²) in [5, 5.41) is 10.2. The third-order valence-corrected chi connectivity index (χ3v) is 7.41. The Kier molecular flexibility index (Phi) is 3.72. The highest BCUT2D eigenvalue weighted by Gasteiger charge is 2.13. The lowest BCUT2D eigenvalue weighted by molar-refractivity contribution is 0.669. The number of para-hydroxylation sites is 1. The van der Waals surface area contributed by atoms with Crippen LogP contribution in [0.3, 0.4) is 0 Å². The van der Waals surface area contributed by atoms with Crippen LogP contribution < -0.4 is 0 Å². The van der Waals surface area contributed by atoms with Crippen LogP contribution in [-0.4, -0.2) is 0 Å². The zero-order chi connectivity index (χ0) is 22.9. The van der Waals surface area contributed by atoms with E-state index >= 15 is 0 Å². The molecule has 0 aliphatic carbocycles. The highest BCUT2D eigenvalue weighted by molar-refractivity contribution is 6.25. The van der Waals surface area contributed by atoms with E-state index in [0.717, 1.165) is 21.9 Å². The molecule has 1 aromatic heterocycles. The van der Waals surface area contributed by atoms with Crippen molar-refractivity contribution in [2.24, 2.45) is 0 Å². The Morgan fingerprint density at radius 2 is 1.06 bits per heavy atom. The van der Waals surface area contributed by atoms with E-state index in [1.165, 1.54) is 54.6 Å². The number of hydrogen-bond donors (Lipinski definition) is 0. The molecule has 0 radical (unpaired) electrons. The van der Waals surface area contributed by atoms with Gasteiger partial charge in [-0.2, -0.15) is 0 Å². The number of benzene rings is 7. The number of hydrogen-bond acceptors (Lipinski definition) is 1. The summed E-state index contributed by atoms with van der Waals surface area (Å²) in [6, 6.07) is 43.8. The van der Waals surface area contributed by atoms with E-state index in [1.54, 1.807) is 0 Å². The Hall–Kier alpha value is -4.62. The van der Waals surface area contributed by atoms with Crippen LogP contribution in [0.15, 0.2) is 126 Å². The first-order valence-electron chi connectivity index (χ1n) is 12.0. The van der Waals surface area contributed by atoms with E-state index in [4.69, 9.17) is 4.42 Å². The second kappa shape index (κ2) is 6.94. The standard InChI is InChI=1S/C34H20O/c1-2-10-31-28(9-1)30-20-25(15-18-32(30)35-31)24-7-4-8-26(19-24)27-16-13-23-12-11-21-5-3-6-22-14-17-29(27)34(23)33(21)22/h1-20H. The predicted molar refractivity (Wildman–Crippen MR) is 148 cm³/mol. The lowest BCUT2D eigenvalue weighted by Gasteiger charge is -2.14. The number of furan rings is 1. The molecule has 0 amide bonds. The molecule has 0 spiro atoms. The van der Waals surface area contributed by atoms with Gasteiger partial charge in [-0.05, 0) is 78.8 Å². The summed E-state index contributed by atoms with van der Waals surface area (Å²) in [6.45, 7) is 0. The molecule has 162 valence electrons. The van der Waals surface area contributed by atoms with Crippen molar-refractivity contribution in [1.82, 2.24) is 0 Å². The van der Waals surface area contributed by atoms with Crippen molar-refractivity contribution in [2.45, 2.75) is 0 Å². The molecule has 0 N–H and O–H groups in total. The summed E-state index contributed by atoms with van der Waals surface area (Å²) in [5.74, 6) is 0. The molecule has 35 heavy (non-hydrogen) atoms. The fraction of sp³-hybridized carbons (Fsp3) is 0. The van der Waals surface area contributed by atoms with Crippen molar-refractivity contribution in [2.75, 3.05) is 0 Å². The van der Waals surface area contributed by atoms with Crippen molar-refractivity contribution >= 4 is 54.3 Å². The maximum atomic E-state index is 6.04. The van der Waals surface area contributed by atoms with Gasteiger partial charge < -0.3 is 4.42 Å². The Morgan fingerprint density at radius 3 is 1.97 bits per heavy atom. The van der Waals surface area contributed by atoms with E-state index in [-0.39, 0.29) is 0 Å². The largest absolute Gasteiger partial charge is 0.456 e. The van der Waals surface area contributed by atoms with E-state index in [1.807, 2.05) is 12.1 Å². The van der Waals surface area contributed by atoms with Gasteiger partial charge in [-0.15, -0.1) is 0 Å². The van der Waals surface area contributed by atoms with Gasteiger partial charge in [0.1, 0.15) is 11.2 Å². The van der Waals surface area contributed by atoms with Gasteiger partial charge in [-0.25, -0.2) is 0 Å². The minimum Gasteiger partial charge on any atom is -0.456 e. The molecular weight excluding hydrogens is 424 g/mol. The third-order valence-electron chi connectivity index (χ3n) is 7.41. The molecule has 0 aliphatic rings. The summed E-state index contributed by atoms with van der Waals surface area (Å²) in [4.78, 5) is 0. The van der Waals surface area contributed by atoms with Crippen molar-refractivity contribution in [3.63, 3.8) is 0 Å². The molecule has 1 heteroatoms. The Labute approximate surface area is 202 Å². The summed E-state index contributed by atoms with van der Waals surface area (Å²) in [6.07, 6.45) is 0. The molecule has 0 unspecified atom stereocenters. The highest BCUT2D eigenvalue weighted by Crippen LogP contribution is 2.40. The van der Waals surface area contributed by atoms with E-state index in [9.17, 15) is 0 Å². The molecule has 0 aliphatic heterocycles. The number of fused-ring (bicyclic) bond motifs is 3. The van der Waals surface area contributed by atoms with Crippen molar-refractivity contribution in [3.05, 3.63) is 121 Å². The fourth-order valence-electron chi connectivity index (χ4n) is 5.76. The monoisotopic (exact) mass is 444 g/mol. The smallest absolute Gasteiger partial charge is 0.135 e. The Morgan fingerprint density at radius 1 is 0.371 bits per heavy atom. The lowest BCUT2D eigenvalue weighted by Crippen LogP contribution is -1.87. The Balaban J connectivity index is 1.34. The molecule has 0 saturated heterocycles. The lowest BCUT2D eigenvalue weighted by atomic mass is 9.89. The minimum atomic E-state index is 0.929. The van der Waals surface area contributed by atoms with E-state index < -0.39 is 0 Å². The van der Waals surface area contributed by atoms with Gasteiger partial charge in [0.15, 0.2) is 0 Å². The van der Waals surface area contributed by atoms with E-state index in [2.05, 4.69) is 109 Å². The maximum absolute atomic E-state index is 6.04. The number of rotatable bonds is 2. The van der Waals surface area contributed by atoms with Crippen LogP contribution in [0.2, 0.25) is 0 Å². The first-order valence-corrected chi connectivity index (χ1v) is 12.0. The van der Waals surface area contributed by atoms with Crippen LogP contribution in [0.25, 0.3) is 76.5 Å². The van der Waals surface area contributed by atoms with Gasteiger partial charge in [0.2, 0.25) is 0 Å². The quantitative estimate of drug-likeness (QED) is 0.242. The minimum absolute atomic E-state index is 0.929.